The molecule has 0 fully saturated rings. The van der Waals surface area contributed by atoms with Gasteiger partial charge < -0.3 is 14.6 Å². The minimum Gasteiger partial charge on any atom is -0.481 e. The quantitative estimate of drug-likeness (QED) is 0.630. The number of ether oxygens (including phenoxy) is 2. The summed E-state index contributed by atoms with van der Waals surface area (Å²) in [5.74, 6) is -1.40. The maximum absolute atomic E-state index is 11.7. The molecule has 0 aromatic rings. The summed E-state index contributed by atoms with van der Waals surface area (Å²) in [6.07, 6.45) is 0.639. The van der Waals surface area contributed by atoms with Crippen LogP contribution in [-0.2, 0) is 19.1 Å². The first-order valence-electron chi connectivity index (χ1n) is 6.05. The molecular formula is C12H22O5. The number of carboxylic acid groups (broad SMARTS) is 1. The van der Waals surface area contributed by atoms with Gasteiger partial charge in [-0.2, -0.15) is 0 Å². The van der Waals surface area contributed by atoms with Gasteiger partial charge in [-0.3, -0.25) is 4.79 Å². The zero-order valence-electron chi connectivity index (χ0n) is 10.8. The van der Waals surface area contributed by atoms with Gasteiger partial charge in [-0.05, 0) is 26.2 Å². The lowest BCUT2D eigenvalue weighted by molar-refractivity contribution is -0.163. The maximum Gasteiger partial charge on any atom is 0.335 e. The Kier molecular flexibility index (Phi) is 8.40. The average Bonchev–Trinajstić information content (AvgIpc) is 2.28. The van der Waals surface area contributed by atoms with Gasteiger partial charge in [0.2, 0.25) is 0 Å². The molecule has 0 heterocycles. The number of rotatable bonds is 9. The summed E-state index contributed by atoms with van der Waals surface area (Å²) in [6.45, 7) is 6.07. The number of hydrogen-bond donors (Lipinski definition) is 1. The first kappa shape index (κ1) is 15.9. The van der Waals surface area contributed by atoms with E-state index in [0.717, 1.165) is 12.8 Å². The van der Waals surface area contributed by atoms with E-state index in [-0.39, 0.29) is 18.9 Å². The van der Waals surface area contributed by atoms with E-state index in [0.29, 0.717) is 6.61 Å². The van der Waals surface area contributed by atoms with Crippen molar-refractivity contribution in [3.63, 3.8) is 0 Å². The second-order valence-electron chi connectivity index (χ2n) is 3.95. The Hall–Kier alpha value is -1.10. The fourth-order valence-corrected chi connectivity index (χ4v) is 1.14. The van der Waals surface area contributed by atoms with Gasteiger partial charge in [-0.15, -0.1) is 0 Å². The minimum absolute atomic E-state index is 0.0933. The molecule has 5 heteroatoms. The highest BCUT2D eigenvalue weighted by Gasteiger charge is 2.23. The number of carbonyl (C=O) groups excluding carboxylic acids is 1. The topological polar surface area (TPSA) is 72.8 Å². The molecule has 0 saturated heterocycles. The smallest absolute Gasteiger partial charge is 0.335 e. The van der Waals surface area contributed by atoms with E-state index in [4.69, 9.17) is 14.6 Å². The third-order valence-corrected chi connectivity index (χ3v) is 2.30. The third kappa shape index (κ3) is 7.74. The first-order valence-corrected chi connectivity index (χ1v) is 6.05. The molecule has 1 N–H and O–H groups in total. The predicted octanol–water partition coefficient (Wildman–Crippen LogP) is 1.99. The number of hydrogen-bond acceptors (Lipinski definition) is 4. The Labute approximate surface area is 102 Å². The molecule has 0 aromatic heterocycles. The van der Waals surface area contributed by atoms with Crippen LogP contribution in [0.25, 0.3) is 0 Å². The van der Waals surface area contributed by atoms with Gasteiger partial charge in [0.1, 0.15) is 0 Å². The van der Waals surface area contributed by atoms with E-state index >= 15 is 0 Å². The molecule has 0 aromatic carbocycles. The molecule has 2 unspecified atom stereocenters. The minimum atomic E-state index is -0.938. The van der Waals surface area contributed by atoms with E-state index in [1.807, 2.05) is 13.8 Å². The monoisotopic (exact) mass is 246 g/mol. The fourth-order valence-electron chi connectivity index (χ4n) is 1.14. The molecule has 0 aliphatic heterocycles. The van der Waals surface area contributed by atoms with Crippen LogP contribution in [0.3, 0.4) is 0 Å². The molecule has 0 saturated carbocycles. The van der Waals surface area contributed by atoms with Gasteiger partial charge >= 0.3 is 11.9 Å². The van der Waals surface area contributed by atoms with E-state index in [9.17, 15) is 9.59 Å². The molecule has 0 amide bonds. The molecule has 17 heavy (non-hydrogen) atoms. The van der Waals surface area contributed by atoms with Gasteiger partial charge in [-0.25, -0.2) is 4.79 Å². The largest absolute Gasteiger partial charge is 0.481 e. The molecule has 2 atom stereocenters. The molecule has 5 nitrogen and oxygen atoms in total. The van der Waals surface area contributed by atoms with E-state index < -0.39 is 18.0 Å². The van der Waals surface area contributed by atoms with Crippen molar-refractivity contribution in [2.24, 2.45) is 0 Å². The Morgan fingerprint density at radius 2 is 1.94 bits per heavy atom. The van der Waals surface area contributed by atoms with Crippen LogP contribution in [0.2, 0.25) is 0 Å². The highest BCUT2D eigenvalue weighted by Crippen LogP contribution is 2.08. The van der Waals surface area contributed by atoms with Crippen molar-refractivity contribution in [2.75, 3.05) is 6.61 Å². The van der Waals surface area contributed by atoms with Crippen LogP contribution in [0.4, 0.5) is 0 Å². The van der Waals surface area contributed by atoms with Gasteiger partial charge in [0.25, 0.3) is 0 Å². The summed E-state index contributed by atoms with van der Waals surface area (Å²) in [5, 5.41) is 8.59. The van der Waals surface area contributed by atoms with E-state index in [1.54, 1.807) is 6.92 Å². The van der Waals surface area contributed by atoms with Crippen molar-refractivity contribution in [1.82, 2.24) is 0 Å². The molecule has 0 radical (unpaired) electrons. The third-order valence-electron chi connectivity index (χ3n) is 2.30. The average molecular weight is 246 g/mol. The van der Waals surface area contributed by atoms with Crippen LogP contribution < -0.4 is 0 Å². The van der Waals surface area contributed by atoms with Crippen molar-refractivity contribution in [2.45, 2.75) is 58.7 Å². The fraction of sp³-hybridized carbons (Fsp3) is 0.833. The van der Waals surface area contributed by atoms with Gasteiger partial charge in [0, 0.05) is 13.0 Å². The molecule has 0 spiro atoms. The van der Waals surface area contributed by atoms with Crippen LogP contribution in [-0.4, -0.2) is 35.9 Å². The summed E-state index contributed by atoms with van der Waals surface area (Å²) in [6, 6.07) is 0. The highest BCUT2D eigenvalue weighted by molar-refractivity contribution is 5.76. The van der Waals surface area contributed by atoms with Crippen molar-refractivity contribution < 1.29 is 24.2 Å². The number of aliphatic carboxylic acids is 1. The second-order valence-corrected chi connectivity index (χ2v) is 3.95. The van der Waals surface area contributed by atoms with Crippen molar-refractivity contribution >= 4 is 11.9 Å². The number of esters is 1. The van der Waals surface area contributed by atoms with Gasteiger partial charge in [-0.1, -0.05) is 13.8 Å². The summed E-state index contributed by atoms with van der Waals surface area (Å²) in [7, 11) is 0. The Morgan fingerprint density at radius 3 is 2.41 bits per heavy atom. The van der Waals surface area contributed by atoms with Gasteiger partial charge in [0.05, 0.1) is 6.10 Å². The molecule has 0 bridgehead atoms. The van der Waals surface area contributed by atoms with Crippen LogP contribution in [0.15, 0.2) is 0 Å². The van der Waals surface area contributed by atoms with Crippen molar-refractivity contribution in [1.29, 1.82) is 0 Å². The number of carboxylic acids is 1. The van der Waals surface area contributed by atoms with Crippen LogP contribution in [0.5, 0.6) is 0 Å². The predicted molar refractivity (Wildman–Crippen MR) is 62.7 cm³/mol. The SMILES string of the molecule is CCCOC(CCC(=O)O)C(=O)OC(C)CC. The lowest BCUT2D eigenvalue weighted by atomic mass is 10.2. The molecule has 0 aliphatic rings. The zero-order valence-corrected chi connectivity index (χ0v) is 10.8. The molecule has 0 rings (SSSR count). The Balaban J connectivity index is 4.23. The second kappa shape index (κ2) is 8.98. The van der Waals surface area contributed by atoms with E-state index in [1.165, 1.54) is 0 Å². The standard InChI is InChI=1S/C12H22O5/c1-4-8-16-10(6-7-11(13)14)12(15)17-9(3)5-2/h9-10H,4-8H2,1-3H3,(H,13,14). The van der Waals surface area contributed by atoms with E-state index in [2.05, 4.69) is 0 Å². The molecule has 0 aliphatic carbocycles. The zero-order chi connectivity index (χ0) is 13.3. The molecular weight excluding hydrogens is 224 g/mol. The van der Waals surface area contributed by atoms with Crippen LogP contribution in [0, 0.1) is 0 Å². The normalized spacial score (nSPS) is 14.1. The summed E-state index contributed by atoms with van der Waals surface area (Å²) in [4.78, 5) is 22.2. The first-order chi connectivity index (χ1) is 8.01. The summed E-state index contributed by atoms with van der Waals surface area (Å²) >= 11 is 0. The molecule has 100 valence electrons. The maximum atomic E-state index is 11.7. The lowest BCUT2D eigenvalue weighted by Crippen LogP contribution is -2.30. The number of carbonyl (C=O) groups is 2. The Bertz CT molecular complexity index is 239. The van der Waals surface area contributed by atoms with Crippen LogP contribution in [0.1, 0.15) is 46.5 Å². The Morgan fingerprint density at radius 1 is 1.29 bits per heavy atom. The highest BCUT2D eigenvalue weighted by atomic mass is 16.6. The van der Waals surface area contributed by atoms with Gasteiger partial charge in [0.15, 0.2) is 6.10 Å². The lowest BCUT2D eigenvalue weighted by Gasteiger charge is -2.18. The van der Waals surface area contributed by atoms with Crippen molar-refractivity contribution in [3.8, 4) is 0 Å². The van der Waals surface area contributed by atoms with Crippen molar-refractivity contribution in [3.05, 3.63) is 0 Å². The summed E-state index contributed by atoms with van der Waals surface area (Å²) in [5.41, 5.74) is 0. The van der Waals surface area contributed by atoms with Crippen LogP contribution >= 0.6 is 0 Å². The summed E-state index contributed by atoms with van der Waals surface area (Å²) < 4.78 is 10.4.